The van der Waals surface area contributed by atoms with Crippen LogP contribution in [0.15, 0.2) is 18.2 Å². The fourth-order valence-electron chi connectivity index (χ4n) is 2.95. The van der Waals surface area contributed by atoms with E-state index >= 15 is 0 Å². The number of carbonyl (C=O) groups is 1. The van der Waals surface area contributed by atoms with Gasteiger partial charge in [-0.3, -0.25) is 4.79 Å². The van der Waals surface area contributed by atoms with Gasteiger partial charge in [-0.2, -0.15) is 0 Å². The van der Waals surface area contributed by atoms with Gasteiger partial charge in [-0.15, -0.1) is 0 Å². The van der Waals surface area contributed by atoms with E-state index in [1.807, 2.05) is 6.92 Å². The molecule has 0 aliphatic heterocycles. The highest BCUT2D eigenvalue weighted by molar-refractivity contribution is 5.75. The van der Waals surface area contributed by atoms with Crippen molar-refractivity contribution in [1.29, 1.82) is 0 Å². The predicted molar refractivity (Wildman–Crippen MR) is 78.8 cm³/mol. The van der Waals surface area contributed by atoms with Gasteiger partial charge >= 0.3 is 5.97 Å². The molecule has 3 atom stereocenters. The summed E-state index contributed by atoms with van der Waals surface area (Å²) in [5, 5.41) is 0. The number of benzene rings is 1. The molecule has 0 spiro atoms. The Balaban J connectivity index is 2.11. The summed E-state index contributed by atoms with van der Waals surface area (Å²) in [5.74, 6) is 0.961. The van der Waals surface area contributed by atoms with E-state index in [0.29, 0.717) is 12.5 Å². The molecule has 0 N–H and O–H groups in total. The lowest BCUT2D eigenvalue weighted by atomic mass is 9.90. The molecule has 1 aliphatic rings. The topological polar surface area (TPSA) is 35.5 Å². The number of hydrogen-bond acceptors (Lipinski definition) is 3. The average molecular weight is 294 g/mol. The molecule has 0 saturated heterocycles. The number of esters is 1. The lowest BCUT2D eigenvalue weighted by Gasteiger charge is -2.19. The van der Waals surface area contributed by atoms with E-state index in [0.717, 1.165) is 30.6 Å². The zero-order chi connectivity index (χ0) is 15.4. The maximum atomic E-state index is 13.6. The molecule has 0 amide bonds. The molecule has 1 aromatic carbocycles. The van der Waals surface area contributed by atoms with Crippen molar-refractivity contribution < 1.29 is 18.7 Å². The predicted octanol–water partition coefficient (Wildman–Crippen LogP) is 3.92. The SMILES string of the molecule is CCOc1ccc(F)cc1C(CC)CC1CC1C(=O)OC. The molecule has 0 aromatic heterocycles. The van der Waals surface area contributed by atoms with E-state index in [4.69, 9.17) is 9.47 Å². The van der Waals surface area contributed by atoms with Crippen LogP contribution >= 0.6 is 0 Å². The lowest BCUT2D eigenvalue weighted by Crippen LogP contribution is -2.08. The highest BCUT2D eigenvalue weighted by atomic mass is 19.1. The number of ether oxygens (including phenoxy) is 2. The van der Waals surface area contributed by atoms with E-state index in [1.54, 1.807) is 12.1 Å². The average Bonchev–Trinajstić information content (AvgIpc) is 3.25. The van der Waals surface area contributed by atoms with Crippen LogP contribution in [0.4, 0.5) is 4.39 Å². The van der Waals surface area contributed by atoms with Crippen molar-refractivity contribution in [2.24, 2.45) is 11.8 Å². The van der Waals surface area contributed by atoms with Crippen molar-refractivity contribution >= 4 is 5.97 Å². The van der Waals surface area contributed by atoms with E-state index in [-0.39, 0.29) is 23.6 Å². The summed E-state index contributed by atoms with van der Waals surface area (Å²) in [4.78, 5) is 11.5. The number of hydrogen-bond donors (Lipinski definition) is 0. The van der Waals surface area contributed by atoms with E-state index in [1.165, 1.54) is 13.2 Å². The van der Waals surface area contributed by atoms with Gasteiger partial charge in [0.25, 0.3) is 0 Å². The second kappa shape index (κ2) is 6.92. The molecular weight excluding hydrogens is 271 g/mol. The van der Waals surface area contributed by atoms with Crippen LogP contribution < -0.4 is 4.74 Å². The van der Waals surface area contributed by atoms with Crippen LogP contribution in [0.2, 0.25) is 0 Å². The summed E-state index contributed by atoms with van der Waals surface area (Å²) in [6.07, 6.45) is 2.65. The molecule has 4 heteroatoms. The van der Waals surface area contributed by atoms with Crippen LogP contribution in [0.25, 0.3) is 0 Å². The third-order valence-corrected chi connectivity index (χ3v) is 4.22. The first-order chi connectivity index (χ1) is 10.1. The van der Waals surface area contributed by atoms with E-state index in [2.05, 4.69) is 6.92 Å². The zero-order valence-electron chi connectivity index (χ0n) is 12.9. The molecule has 0 radical (unpaired) electrons. The summed E-state index contributed by atoms with van der Waals surface area (Å²) >= 11 is 0. The number of rotatable bonds is 7. The van der Waals surface area contributed by atoms with Gasteiger partial charge in [-0.1, -0.05) is 6.92 Å². The molecule has 3 unspecified atom stereocenters. The summed E-state index contributed by atoms with van der Waals surface area (Å²) in [5.41, 5.74) is 0.912. The zero-order valence-corrected chi connectivity index (χ0v) is 12.9. The summed E-state index contributed by atoms with van der Waals surface area (Å²) < 4.78 is 24.0. The fourth-order valence-corrected chi connectivity index (χ4v) is 2.95. The minimum atomic E-state index is -0.243. The van der Waals surface area contributed by atoms with Gasteiger partial charge in [0, 0.05) is 5.56 Å². The first-order valence-corrected chi connectivity index (χ1v) is 7.60. The van der Waals surface area contributed by atoms with Crippen molar-refractivity contribution in [3.05, 3.63) is 29.6 Å². The van der Waals surface area contributed by atoms with Crippen molar-refractivity contribution in [2.75, 3.05) is 13.7 Å². The maximum Gasteiger partial charge on any atom is 0.308 e. The van der Waals surface area contributed by atoms with Crippen molar-refractivity contribution in [3.63, 3.8) is 0 Å². The highest BCUT2D eigenvalue weighted by Gasteiger charge is 2.44. The largest absolute Gasteiger partial charge is 0.494 e. The molecule has 116 valence electrons. The van der Waals surface area contributed by atoms with Gasteiger partial charge in [0.1, 0.15) is 11.6 Å². The Bertz CT molecular complexity index is 501. The monoisotopic (exact) mass is 294 g/mol. The minimum Gasteiger partial charge on any atom is -0.494 e. The van der Waals surface area contributed by atoms with Crippen LogP contribution in [-0.4, -0.2) is 19.7 Å². The van der Waals surface area contributed by atoms with Crippen molar-refractivity contribution in [1.82, 2.24) is 0 Å². The third-order valence-electron chi connectivity index (χ3n) is 4.22. The Morgan fingerprint density at radius 2 is 2.19 bits per heavy atom. The maximum absolute atomic E-state index is 13.6. The van der Waals surface area contributed by atoms with Gasteiger partial charge in [-0.25, -0.2) is 4.39 Å². The highest BCUT2D eigenvalue weighted by Crippen LogP contribution is 2.47. The van der Waals surface area contributed by atoms with Gasteiger partial charge in [-0.05, 0) is 56.2 Å². The molecule has 1 fully saturated rings. The van der Waals surface area contributed by atoms with Crippen LogP contribution in [-0.2, 0) is 9.53 Å². The quantitative estimate of drug-likeness (QED) is 0.715. The Hall–Kier alpha value is -1.58. The second-order valence-electron chi connectivity index (χ2n) is 5.58. The Morgan fingerprint density at radius 3 is 2.81 bits per heavy atom. The third kappa shape index (κ3) is 3.74. The van der Waals surface area contributed by atoms with Gasteiger partial charge in [0.15, 0.2) is 0 Å². The molecule has 2 rings (SSSR count). The number of halogens is 1. The molecule has 0 heterocycles. The summed E-state index contributed by atoms with van der Waals surface area (Å²) in [6.45, 7) is 4.56. The molecule has 1 aromatic rings. The van der Waals surface area contributed by atoms with Crippen LogP contribution in [0.1, 0.15) is 44.6 Å². The van der Waals surface area contributed by atoms with Crippen LogP contribution in [0.3, 0.4) is 0 Å². The van der Waals surface area contributed by atoms with Crippen LogP contribution in [0, 0.1) is 17.7 Å². The first kappa shape index (κ1) is 15.8. The van der Waals surface area contributed by atoms with E-state index < -0.39 is 0 Å². The van der Waals surface area contributed by atoms with Gasteiger partial charge in [0.05, 0.1) is 19.6 Å². The fraction of sp³-hybridized carbons (Fsp3) is 0.588. The molecule has 1 saturated carbocycles. The van der Waals surface area contributed by atoms with E-state index in [9.17, 15) is 9.18 Å². The van der Waals surface area contributed by atoms with Crippen LogP contribution in [0.5, 0.6) is 5.75 Å². The Morgan fingerprint density at radius 1 is 1.43 bits per heavy atom. The van der Waals surface area contributed by atoms with Gasteiger partial charge in [0.2, 0.25) is 0 Å². The standard InChI is InChI=1S/C17H23FO3/c1-4-11(8-12-9-15(12)17(19)20-3)14-10-13(18)6-7-16(14)21-5-2/h6-7,10-12,15H,4-5,8-9H2,1-3H3. The lowest BCUT2D eigenvalue weighted by molar-refractivity contribution is -0.142. The summed E-state index contributed by atoms with van der Waals surface area (Å²) in [6, 6.07) is 4.69. The van der Waals surface area contributed by atoms with Gasteiger partial charge < -0.3 is 9.47 Å². The normalized spacial score (nSPS) is 21.7. The van der Waals surface area contributed by atoms with Crippen molar-refractivity contribution in [3.8, 4) is 5.75 Å². The molecule has 1 aliphatic carbocycles. The summed E-state index contributed by atoms with van der Waals surface area (Å²) in [7, 11) is 1.43. The Labute approximate surface area is 125 Å². The molecular formula is C17H23FO3. The number of methoxy groups -OCH3 is 1. The first-order valence-electron chi connectivity index (χ1n) is 7.60. The smallest absolute Gasteiger partial charge is 0.308 e. The second-order valence-corrected chi connectivity index (χ2v) is 5.58. The van der Waals surface area contributed by atoms with Crippen molar-refractivity contribution in [2.45, 2.75) is 39.0 Å². The molecule has 21 heavy (non-hydrogen) atoms. The molecule has 3 nitrogen and oxygen atoms in total. The number of carbonyl (C=O) groups excluding carboxylic acids is 1. The minimum absolute atomic E-state index is 0.0214. The Kier molecular flexibility index (Phi) is 5.21. The molecule has 0 bridgehead atoms.